The second-order valence-electron chi connectivity index (χ2n) is 5.06. The van der Waals surface area contributed by atoms with Crippen LogP contribution in [0.3, 0.4) is 0 Å². The number of carbonyl (C=O) groups is 2. The molecular weight excluding hydrogens is 338 g/mol. The van der Waals surface area contributed by atoms with Crippen molar-refractivity contribution in [3.63, 3.8) is 0 Å². The highest BCUT2D eigenvalue weighted by Crippen LogP contribution is 2.30. The van der Waals surface area contributed by atoms with Crippen molar-refractivity contribution in [1.29, 1.82) is 0 Å². The van der Waals surface area contributed by atoms with Crippen LogP contribution in [-0.4, -0.2) is 41.5 Å². The molecule has 8 heteroatoms. The number of ether oxygens (including phenoxy) is 1. The van der Waals surface area contributed by atoms with E-state index in [1.165, 1.54) is 16.2 Å². The molecule has 1 fully saturated rings. The highest BCUT2D eigenvalue weighted by atomic mass is 35.5. The minimum atomic E-state index is -0.817. The minimum absolute atomic E-state index is 0.128. The number of morpholine rings is 1. The maximum atomic E-state index is 12.5. The van der Waals surface area contributed by atoms with E-state index >= 15 is 0 Å². The largest absolute Gasteiger partial charge is 0.356 e. The summed E-state index contributed by atoms with van der Waals surface area (Å²) in [6, 6.07) is 6.50. The van der Waals surface area contributed by atoms with E-state index in [9.17, 15) is 9.59 Å². The molecule has 0 saturated carbocycles. The lowest BCUT2D eigenvalue weighted by molar-refractivity contribution is -0.160. The van der Waals surface area contributed by atoms with E-state index in [1.807, 2.05) is 0 Å². The molecule has 3 rings (SSSR count). The number of hydrogen-bond acceptors (Lipinski definition) is 5. The van der Waals surface area contributed by atoms with E-state index < -0.39 is 12.1 Å². The Labute approximate surface area is 142 Å². The number of amides is 2. The summed E-state index contributed by atoms with van der Waals surface area (Å²) < 4.78 is 5.51. The van der Waals surface area contributed by atoms with Gasteiger partial charge in [-0.05, 0) is 17.7 Å². The molecule has 1 aromatic carbocycles. The first-order valence-electron chi connectivity index (χ1n) is 6.89. The third kappa shape index (κ3) is 3.36. The molecule has 120 valence electrons. The average molecular weight is 352 g/mol. The van der Waals surface area contributed by atoms with Gasteiger partial charge in [-0.2, -0.15) is 0 Å². The molecule has 2 atom stereocenters. The zero-order valence-corrected chi connectivity index (χ0v) is 13.8. The number of nitrogens with zero attached hydrogens (tertiary/aromatic N) is 2. The molecule has 23 heavy (non-hydrogen) atoms. The van der Waals surface area contributed by atoms with E-state index in [0.29, 0.717) is 10.2 Å². The second kappa shape index (κ2) is 6.66. The van der Waals surface area contributed by atoms with Crippen molar-refractivity contribution >= 4 is 39.9 Å². The van der Waals surface area contributed by atoms with Crippen LogP contribution in [0, 0.1) is 0 Å². The summed E-state index contributed by atoms with van der Waals surface area (Å²) in [6.45, 7) is -0.128. The highest BCUT2D eigenvalue weighted by molar-refractivity contribution is 7.13. The molecule has 2 heterocycles. The van der Waals surface area contributed by atoms with Crippen molar-refractivity contribution in [2.45, 2.75) is 12.1 Å². The normalized spacial score (nSPS) is 21.3. The maximum Gasteiger partial charge on any atom is 0.257 e. The van der Waals surface area contributed by atoms with Crippen LogP contribution in [0.15, 0.2) is 35.8 Å². The van der Waals surface area contributed by atoms with Crippen molar-refractivity contribution in [2.24, 2.45) is 0 Å². The predicted octanol–water partition coefficient (Wildman–Crippen LogP) is 2.33. The molecule has 2 amide bonds. The number of rotatable bonds is 3. The second-order valence-corrected chi connectivity index (χ2v) is 6.39. The van der Waals surface area contributed by atoms with Gasteiger partial charge in [-0.15, -0.1) is 11.3 Å². The lowest BCUT2D eigenvalue weighted by Crippen LogP contribution is -2.51. The van der Waals surface area contributed by atoms with Crippen LogP contribution in [0.2, 0.25) is 5.02 Å². The number of hydrogen-bond donors (Lipinski definition) is 1. The van der Waals surface area contributed by atoms with E-state index in [4.69, 9.17) is 16.3 Å². The van der Waals surface area contributed by atoms with Gasteiger partial charge in [0.1, 0.15) is 6.61 Å². The van der Waals surface area contributed by atoms with E-state index in [2.05, 4.69) is 10.3 Å². The Kier molecular flexibility index (Phi) is 4.61. The topological polar surface area (TPSA) is 71.5 Å². The first kappa shape index (κ1) is 15.9. The molecular formula is C15H14ClN3O3S. The van der Waals surface area contributed by atoms with E-state index in [1.54, 1.807) is 42.9 Å². The molecule has 6 nitrogen and oxygen atoms in total. The van der Waals surface area contributed by atoms with Gasteiger partial charge in [-0.3, -0.25) is 14.9 Å². The van der Waals surface area contributed by atoms with Crippen molar-refractivity contribution in [3.05, 3.63) is 46.4 Å². The molecule has 1 aliphatic heterocycles. The van der Waals surface area contributed by atoms with Gasteiger partial charge >= 0.3 is 0 Å². The number of nitrogens with one attached hydrogen (secondary N) is 1. The quantitative estimate of drug-likeness (QED) is 0.921. The summed E-state index contributed by atoms with van der Waals surface area (Å²) in [7, 11) is 1.66. The number of aromatic nitrogens is 1. The highest BCUT2D eigenvalue weighted by Gasteiger charge is 2.40. The fourth-order valence-electron chi connectivity index (χ4n) is 2.45. The molecule has 1 saturated heterocycles. The Morgan fingerprint density at radius 1 is 1.43 bits per heavy atom. The summed E-state index contributed by atoms with van der Waals surface area (Å²) in [4.78, 5) is 30.1. The number of likely N-dealkylation sites (N-methyl/N-ethyl adjacent to an activating group) is 1. The Balaban J connectivity index is 1.88. The van der Waals surface area contributed by atoms with Crippen LogP contribution >= 0.6 is 22.9 Å². The molecule has 0 bridgehead atoms. The molecule has 2 aromatic rings. The fourth-order valence-corrected chi connectivity index (χ4v) is 3.11. The number of thiazole rings is 1. The Hall–Kier alpha value is -1.96. The molecule has 1 aliphatic rings. The molecule has 0 unspecified atom stereocenters. The van der Waals surface area contributed by atoms with Gasteiger partial charge < -0.3 is 9.64 Å². The van der Waals surface area contributed by atoms with Gasteiger partial charge in [0, 0.05) is 23.6 Å². The molecule has 0 spiro atoms. The Morgan fingerprint density at radius 3 is 2.83 bits per heavy atom. The summed E-state index contributed by atoms with van der Waals surface area (Å²) >= 11 is 7.23. The third-order valence-electron chi connectivity index (χ3n) is 3.62. The first-order chi connectivity index (χ1) is 11.1. The zero-order chi connectivity index (χ0) is 16.4. The summed E-state index contributed by atoms with van der Waals surface area (Å²) in [5.41, 5.74) is 0.782. The predicted molar refractivity (Wildman–Crippen MR) is 87.4 cm³/mol. The molecule has 1 aromatic heterocycles. The minimum Gasteiger partial charge on any atom is -0.356 e. The Morgan fingerprint density at radius 2 is 2.17 bits per heavy atom. The van der Waals surface area contributed by atoms with Crippen molar-refractivity contribution in [1.82, 2.24) is 9.88 Å². The van der Waals surface area contributed by atoms with Crippen molar-refractivity contribution < 1.29 is 14.3 Å². The van der Waals surface area contributed by atoms with Crippen LogP contribution in [0.25, 0.3) is 0 Å². The van der Waals surface area contributed by atoms with Gasteiger partial charge in [0.15, 0.2) is 11.2 Å². The third-order valence-corrected chi connectivity index (χ3v) is 4.56. The van der Waals surface area contributed by atoms with E-state index in [-0.39, 0.29) is 18.4 Å². The average Bonchev–Trinajstić information content (AvgIpc) is 3.04. The van der Waals surface area contributed by atoms with Gasteiger partial charge in [0.25, 0.3) is 5.91 Å². The van der Waals surface area contributed by atoms with Crippen LogP contribution in [-0.2, 0) is 14.3 Å². The number of anilines is 1. The summed E-state index contributed by atoms with van der Waals surface area (Å²) in [5.74, 6) is -0.512. The molecule has 0 aliphatic carbocycles. The number of carbonyl (C=O) groups excluding carboxylic acids is 2. The van der Waals surface area contributed by atoms with Gasteiger partial charge in [-0.25, -0.2) is 4.98 Å². The van der Waals surface area contributed by atoms with Gasteiger partial charge in [0.05, 0.1) is 6.04 Å². The van der Waals surface area contributed by atoms with Crippen molar-refractivity contribution in [3.8, 4) is 0 Å². The fraction of sp³-hybridized carbons (Fsp3) is 0.267. The van der Waals surface area contributed by atoms with Gasteiger partial charge in [0.2, 0.25) is 5.91 Å². The lowest BCUT2D eigenvalue weighted by atomic mass is 9.98. The first-order valence-corrected chi connectivity index (χ1v) is 8.15. The molecule has 0 radical (unpaired) electrons. The Bertz CT molecular complexity index is 705. The standard InChI is InChI=1S/C15H14ClN3O3S/c1-19-11(20)8-22-13(14(21)18-15-17-6-7-23-15)12(19)9-2-4-10(16)5-3-9/h2-7,12-13H,8H2,1H3,(H,17,18,21)/t12-,13-/m0/s1. The van der Waals surface area contributed by atoms with Crippen LogP contribution < -0.4 is 5.32 Å². The van der Waals surface area contributed by atoms with Crippen molar-refractivity contribution in [2.75, 3.05) is 19.0 Å². The van der Waals surface area contributed by atoms with Gasteiger partial charge in [-0.1, -0.05) is 23.7 Å². The van der Waals surface area contributed by atoms with Crippen LogP contribution in [0.1, 0.15) is 11.6 Å². The monoisotopic (exact) mass is 351 g/mol. The summed E-state index contributed by atoms with van der Waals surface area (Å²) in [5, 5.41) is 5.56. The maximum absolute atomic E-state index is 12.5. The summed E-state index contributed by atoms with van der Waals surface area (Å²) in [6.07, 6.45) is 0.789. The van der Waals surface area contributed by atoms with E-state index in [0.717, 1.165) is 5.56 Å². The molecule has 1 N–H and O–H groups in total. The number of halogens is 1. The smallest absolute Gasteiger partial charge is 0.257 e. The number of benzene rings is 1. The van der Waals surface area contributed by atoms with Crippen LogP contribution in [0.4, 0.5) is 5.13 Å². The van der Waals surface area contributed by atoms with Crippen LogP contribution in [0.5, 0.6) is 0 Å². The lowest BCUT2D eigenvalue weighted by Gasteiger charge is -2.38. The SMILES string of the molecule is CN1C(=O)CO[C@H](C(=O)Nc2nccs2)[C@@H]1c1ccc(Cl)cc1. The zero-order valence-electron chi connectivity index (χ0n) is 12.2.